The molecule has 0 aromatic carbocycles. The van der Waals surface area contributed by atoms with E-state index in [-0.39, 0.29) is 6.03 Å². The van der Waals surface area contributed by atoms with E-state index in [2.05, 4.69) is 12.6 Å². The molecule has 13 heavy (non-hydrogen) atoms. The van der Waals surface area contributed by atoms with Gasteiger partial charge in [0.25, 0.3) is 0 Å². The summed E-state index contributed by atoms with van der Waals surface area (Å²) in [4.78, 5) is 15.3. The van der Waals surface area contributed by atoms with Gasteiger partial charge in [-0.05, 0) is 24.0 Å². The zero-order valence-corrected chi connectivity index (χ0v) is 8.89. The maximum absolute atomic E-state index is 11.6. The Morgan fingerprint density at radius 2 is 2.15 bits per heavy atom. The van der Waals surface area contributed by atoms with Crippen LogP contribution in [0.3, 0.4) is 0 Å². The second-order valence-corrected chi connectivity index (χ2v) is 4.60. The first-order valence-electron chi connectivity index (χ1n) is 4.78. The summed E-state index contributed by atoms with van der Waals surface area (Å²) in [5, 5.41) is 0. The number of hydrogen-bond donors (Lipinski definition) is 1. The predicted molar refractivity (Wildman–Crippen MR) is 55.1 cm³/mol. The third-order valence-corrected chi connectivity index (χ3v) is 3.79. The molecule has 1 aliphatic heterocycles. The quantitative estimate of drug-likeness (QED) is 0.677. The summed E-state index contributed by atoms with van der Waals surface area (Å²) in [6.07, 6.45) is 2.48. The van der Waals surface area contributed by atoms with Gasteiger partial charge in [0.2, 0.25) is 0 Å². The molecule has 0 spiro atoms. The number of thiol groups is 1. The molecule has 1 heterocycles. The van der Waals surface area contributed by atoms with E-state index in [4.69, 9.17) is 0 Å². The van der Waals surface area contributed by atoms with E-state index < -0.39 is 0 Å². The molecular formula is C9H16N2OS. The number of hydrogen-bond acceptors (Lipinski definition) is 2. The largest absolute Gasteiger partial charge is 0.326 e. The molecule has 3 nitrogen and oxygen atoms in total. The van der Waals surface area contributed by atoms with Gasteiger partial charge in [0.1, 0.15) is 0 Å². The Kier molecular flexibility index (Phi) is 2.18. The SMILES string of the molecule is CN1CCN(CC2(CS)CC2)C1=O. The highest BCUT2D eigenvalue weighted by Gasteiger charge is 2.44. The Labute approximate surface area is 84.5 Å². The minimum Gasteiger partial charge on any atom is -0.326 e. The van der Waals surface area contributed by atoms with Crippen LogP contribution in [0.25, 0.3) is 0 Å². The predicted octanol–water partition coefficient (Wildman–Crippen LogP) is 1.06. The number of nitrogens with zero attached hydrogens (tertiary/aromatic N) is 2. The highest BCUT2D eigenvalue weighted by molar-refractivity contribution is 7.80. The molecule has 2 amide bonds. The smallest absolute Gasteiger partial charge is 0.319 e. The lowest BCUT2D eigenvalue weighted by atomic mass is 10.1. The fraction of sp³-hybridized carbons (Fsp3) is 0.889. The first-order chi connectivity index (χ1) is 6.17. The van der Waals surface area contributed by atoms with E-state index in [0.29, 0.717) is 5.41 Å². The van der Waals surface area contributed by atoms with Gasteiger partial charge >= 0.3 is 6.03 Å². The number of carbonyl (C=O) groups excluding carboxylic acids is 1. The van der Waals surface area contributed by atoms with Crippen molar-refractivity contribution in [1.82, 2.24) is 9.80 Å². The zero-order chi connectivity index (χ0) is 9.47. The summed E-state index contributed by atoms with van der Waals surface area (Å²) in [6, 6.07) is 0.188. The molecule has 0 atom stereocenters. The van der Waals surface area contributed by atoms with Crippen molar-refractivity contribution >= 4 is 18.7 Å². The summed E-state index contributed by atoms with van der Waals surface area (Å²) in [5.41, 5.74) is 0.365. The first kappa shape index (κ1) is 9.19. The number of rotatable bonds is 3. The van der Waals surface area contributed by atoms with Crippen LogP contribution in [0.2, 0.25) is 0 Å². The second-order valence-electron chi connectivity index (χ2n) is 4.28. The summed E-state index contributed by atoms with van der Waals surface area (Å²) < 4.78 is 0. The standard InChI is InChI=1S/C9H16N2OS/c1-10-4-5-11(8(10)12)6-9(7-13)2-3-9/h13H,2-7H2,1H3. The molecule has 1 aliphatic carbocycles. The van der Waals surface area contributed by atoms with Gasteiger partial charge in [-0.15, -0.1) is 0 Å². The maximum atomic E-state index is 11.6. The summed E-state index contributed by atoms with van der Waals surface area (Å²) in [6.45, 7) is 2.69. The highest BCUT2D eigenvalue weighted by Crippen LogP contribution is 2.47. The lowest BCUT2D eigenvalue weighted by molar-refractivity contribution is 0.191. The molecule has 1 saturated carbocycles. The molecule has 2 aliphatic rings. The molecule has 0 N–H and O–H groups in total. The van der Waals surface area contributed by atoms with Gasteiger partial charge in [0.05, 0.1) is 0 Å². The van der Waals surface area contributed by atoms with Crippen molar-refractivity contribution in [2.24, 2.45) is 5.41 Å². The third-order valence-electron chi connectivity index (χ3n) is 3.12. The van der Waals surface area contributed by atoms with Gasteiger partial charge < -0.3 is 9.80 Å². The van der Waals surface area contributed by atoms with Crippen LogP contribution in [-0.4, -0.2) is 48.3 Å². The van der Waals surface area contributed by atoms with E-state index in [1.165, 1.54) is 12.8 Å². The minimum absolute atomic E-state index is 0.188. The maximum Gasteiger partial charge on any atom is 0.319 e. The van der Waals surface area contributed by atoms with Crippen molar-refractivity contribution < 1.29 is 4.79 Å². The number of carbonyl (C=O) groups is 1. The zero-order valence-electron chi connectivity index (χ0n) is 7.99. The highest BCUT2D eigenvalue weighted by atomic mass is 32.1. The van der Waals surface area contributed by atoms with E-state index >= 15 is 0 Å². The Balaban J connectivity index is 1.92. The average Bonchev–Trinajstić information content (AvgIpc) is 2.85. The fourth-order valence-corrected chi connectivity index (χ4v) is 2.21. The molecule has 4 heteroatoms. The van der Waals surface area contributed by atoms with Crippen molar-refractivity contribution in [1.29, 1.82) is 0 Å². The lowest BCUT2D eigenvalue weighted by Crippen LogP contribution is -2.34. The Morgan fingerprint density at radius 1 is 1.46 bits per heavy atom. The van der Waals surface area contributed by atoms with Gasteiger partial charge in [-0.2, -0.15) is 12.6 Å². The number of likely N-dealkylation sites (N-methyl/N-ethyl adjacent to an activating group) is 1. The fourth-order valence-electron chi connectivity index (χ4n) is 1.80. The van der Waals surface area contributed by atoms with Crippen molar-refractivity contribution in [3.05, 3.63) is 0 Å². The Bertz CT molecular complexity index is 228. The van der Waals surface area contributed by atoms with Crippen molar-refractivity contribution in [3.8, 4) is 0 Å². The van der Waals surface area contributed by atoms with Crippen molar-refractivity contribution in [2.45, 2.75) is 12.8 Å². The second kappa shape index (κ2) is 3.08. The van der Waals surface area contributed by atoms with Crippen molar-refractivity contribution in [2.75, 3.05) is 32.4 Å². The normalized spacial score (nSPS) is 25.5. The van der Waals surface area contributed by atoms with E-state index in [0.717, 1.165) is 25.4 Å². The van der Waals surface area contributed by atoms with Crippen LogP contribution in [0, 0.1) is 5.41 Å². The number of urea groups is 1. The molecule has 0 bridgehead atoms. The van der Waals surface area contributed by atoms with Gasteiger partial charge in [-0.25, -0.2) is 4.79 Å². The van der Waals surface area contributed by atoms with E-state index in [1.807, 2.05) is 11.9 Å². The minimum atomic E-state index is 0.188. The molecule has 0 unspecified atom stereocenters. The topological polar surface area (TPSA) is 23.6 Å². The summed E-state index contributed by atoms with van der Waals surface area (Å²) >= 11 is 4.34. The van der Waals surface area contributed by atoms with Crippen LogP contribution in [0.5, 0.6) is 0 Å². The Morgan fingerprint density at radius 3 is 2.54 bits per heavy atom. The van der Waals surface area contributed by atoms with Gasteiger partial charge in [0.15, 0.2) is 0 Å². The number of amides is 2. The van der Waals surface area contributed by atoms with Gasteiger partial charge in [0, 0.05) is 26.7 Å². The molecule has 0 aromatic heterocycles. The van der Waals surface area contributed by atoms with Crippen LogP contribution in [0.1, 0.15) is 12.8 Å². The Hall–Kier alpha value is -0.380. The molecular weight excluding hydrogens is 184 g/mol. The molecule has 0 aromatic rings. The summed E-state index contributed by atoms with van der Waals surface area (Å²) in [5.74, 6) is 0.917. The molecule has 0 radical (unpaired) electrons. The molecule has 2 fully saturated rings. The van der Waals surface area contributed by atoms with E-state index in [1.54, 1.807) is 4.90 Å². The lowest BCUT2D eigenvalue weighted by Gasteiger charge is -2.21. The van der Waals surface area contributed by atoms with Crippen LogP contribution in [-0.2, 0) is 0 Å². The van der Waals surface area contributed by atoms with E-state index in [9.17, 15) is 4.79 Å². The third kappa shape index (κ3) is 1.64. The van der Waals surface area contributed by atoms with Crippen LogP contribution < -0.4 is 0 Å². The van der Waals surface area contributed by atoms with Gasteiger partial charge in [-0.1, -0.05) is 0 Å². The van der Waals surface area contributed by atoms with Crippen molar-refractivity contribution in [3.63, 3.8) is 0 Å². The van der Waals surface area contributed by atoms with Crippen LogP contribution >= 0.6 is 12.6 Å². The van der Waals surface area contributed by atoms with Crippen LogP contribution in [0.15, 0.2) is 0 Å². The monoisotopic (exact) mass is 200 g/mol. The van der Waals surface area contributed by atoms with Crippen LogP contribution in [0.4, 0.5) is 4.79 Å². The first-order valence-corrected chi connectivity index (χ1v) is 5.41. The molecule has 1 saturated heterocycles. The molecule has 2 rings (SSSR count). The average molecular weight is 200 g/mol. The van der Waals surface area contributed by atoms with Gasteiger partial charge in [-0.3, -0.25) is 0 Å². The summed E-state index contributed by atoms with van der Waals surface area (Å²) in [7, 11) is 1.86. The molecule has 74 valence electrons.